The Bertz CT molecular complexity index is 431. The molecule has 1 saturated carbocycles. The summed E-state index contributed by atoms with van der Waals surface area (Å²) in [6.07, 6.45) is 6.19. The lowest BCUT2D eigenvalue weighted by atomic mass is 9.87. The second kappa shape index (κ2) is 3.13. The molecule has 0 heterocycles. The Labute approximate surface area is 91.0 Å². The molecule has 0 amide bonds. The van der Waals surface area contributed by atoms with Crippen molar-refractivity contribution in [1.82, 2.24) is 0 Å². The molecule has 1 aromatic rings. The van der Waals surface area contributed by atoms with Gasteiger partial charge < -0.3 is 5.73 Å². The van der Waals surface area contributed by atoms with Gasteiger partial charge in [-0.1, -0.05) is 24.6 Å². The van der Waals surface area contributed by atoms with E-state index in [0.717, 1.165) is 18.0 Å². The summed E-state index contributed by atoms with van der Waals surface area (Å²) in [5.74, 6) is 1.47. The molecule has 2 aliphatic rings. The van der Waals surface area contributed by atoms with Gasteiger partial charge in [-0.15, -0.1) is 0 Å². The van der Waals surface area contributed by atoms with Gasteiger partial charge in [-0.05, 0) is 48.4 Å². The lowest BCUT2D eigenvalue weighted by molar-refractivity contribution is 0.757. The molecule has 1 aromatic carbocycles. The van der Waals surface area contributed by atoms with Gasteiger partial charge in [0.05, 0.1) is 0 Å². The molecule has 78 valence electrons. The summed E-state index contributed by atoms with van der Waals surface area (Å²) in [4.78, 5) is 0. The molecule has 0 aliphatic heterocycles. The number of nitrogens with two attached hydrogens (primary N) is 1. The summed E-state index contributed by atoms with van der Waals surface area (Å²) < 4.78 is 0. The van der Waals surface area contributed by atoms with E-state index in [9.17, 15) is 0 Å². The summed E-state index contributed by atoms with van der Waals surface area (Å²) in [6.45, 7) is 2.22. The minimum Gasteiger partial charge on any atom is -0.399 e. The van der Waals surface area contributed by atoms with Crippen molar-refractivity contribution in [1.29, 1.82) is 0 Å². The van der Waals surface area contributed by atoms with E-state index in [1.165, 1.54) is 18.4 Å². The lowest BCUT2D eigenvalue weighted by Crippen LogP contribution is -2.02. The van der Waals surface area contributed by atoms with Gasteiger partial charge in [0, 0.05) is 11.6 Å². The highest BCUT2D eigenvalue weighted by Gasteiger charge is 2.39. The van der Waals surface area contributed by atoms with E-state index in [0.29, 0.717) is 5.92 Å². The van der Waals surface area contributed by atoms with E-state index < -0.39 is 0 Å². The Morgan fingerprint density at radius 1 is 1.40 bits per heavy atom. The molecule has 3 rings (SSSR count). The maximum absolute atomic E-state index is 5.86. The maximum Gasteiger partial charge on any atom is 0.0317 e. The van der Waals surface area contributed by atoms with Crippen LogP contribution < -0.4 is 5.73 Å². The molecule has 0 radical (unpaired) electrons. The smallest absolute Gasteiger partial charge is 0.0317 e. The zero-order chi connectivity index (χ0) is 10.4. The van der Waals surface area contributed by atoms with Crippen LogP contribution >= 0.6 is 0 Å². The second-order valence-corrected chi connectivity index (χ2v) is 4.76. The third kappa shape index (κ3) is 1.22. The van der Waals surface area contributed by atoms with Gasteiger partial charge in [-0.3, -0.25) is 0 Å². The Hall–Kier alpha value is -1.24. The fourth-order valence-electron chi connectivity index (χ4n) is 3.26. The summed E-state index contributed by atoms with van der Waals surface area (Å²) in [5.41, 5.74) is 11.5. The maximum atomic E-state index is 5.86. The molecule has 2 bridgehead atoms. The van der Waals surface area contributed by atoms with Crippen LogP contribution in [0.15, 0.2) is 29.8 Å². The van der Waals surface area contributed by atoms with Crippen molar-refractivity contribution in [2.75, 3.05) is 5.73 Å². The van der Waals surface area contributed by atoms with Crippen LogP contribution in [0.5, 0.6) is 0 Å². The first kappa shape index (κ1) is 9.02. The molecule has 0 saturated heterocycles. The lowest BCUT2D eigenvalue weighted by Gasteiger charge is -2.18. The number of hydrogen-bond acceptors (Lipinski definition) is 1. The summed E-state index contributed by atoms with van der Waals surface area (Å²) in [7, 11) is 0. The highest BCUT2D eigenvalue weighted by atomic mass is 14.6. The molecule has 2 atom stereocenters. The predicted molar refractivity (Wildman–Crippen MR) is 63.9 cm³/mol. The average Bonchev–Trinajstić information content (AvgIpc) is 2.75. The fraction of sp³-hybridized carbons (Fsp3) is 0.429. The van der Waals surface area contributed by atoms with Gasteiger partial charge in [-0.25, -0.2) is 0 Å². The predicted octanol–water partition coefficient (Wildman–Crippen LogP) is 3.58. The van der Waals surface area contributed by atoms with Crippen LogP contribution in [-0.4, -0.2) is 0 Å². The van der Waals surface area contributed by atoms with Gasteiger partial charge in [0.1, 0.15) is 0 Å². The average molecular weight is 199 g/mol. The van der Waals surface area contributed by atoms with Crippen LogP contribution in [0.3, 0.4) is 0 Å². The van der Waals surface area contributed by atoms with E-state index in [2.05, 4.69) is 25.1 Å². The van der Waals surface area contributed by atoms with Gasteiger partial charge in [0.25, 0.3) is 0 Å². The van der Waals surface area contributed by atoms with Crippen LogP contribution in [0.25, 0.3) is 0 Å². The van der Waals surface area contributed by atoms with Crippen molar-refractivity contribution in [2.45, 2.75) is 38.0 Å². The number of nitrogen functional groups attached to an aromatic ring is 1. The largest absolute Gasteiger partial charge is 0.399 e. The van der Waals surface area contributed by atoms with Crippen LogP contribution in [0.4, 0.5) is 5.69 Å². The summed E-state index contributed by atoms with van der Waals surface area (Å²) in [5, 5.41) is 0. The molecule has 2 unspecified atom stereocenters. The number of rotatable bonds is 1. The van der Waals surface area contributed by atoms with Crippen molar-refractivity contribution in [3.8, 4) is 0 Å². The van der Waals surface area contributed by atoms with Crippen molar-refractivity contribution in [3.63, 3.8) is 0 Å². The molecule has 15 heavy (non-hydrogen) atoms. The normalized spacial score (nSPS) is 29.8. The first-order valence-electron chi connectivity index (χ1n) is 5.88. The van der Waals surface area contributed by atoms with E-state index in [1.54, 1.807) is 11.1 Å². The van der Waals surface area contributed by atoms with Gasteiger partial charge in [-0.2, -0.15) is 0 Å². The van der Waals surface area contributed by atoms with Crippen molar-refractivity contribution in [3.05, 3.63) is 41.0 Å². The molecule has 1 fully saturated rings. The number of allylic oxidation sites excluding steroid dienone is 2. The van der Waals surface area contributed by atoms with Gasteiger partial charge in [0.2, 0.25) is 0 Å². The monoisotopic (exact) mass is 199 g/mol. The molecular formula is C14H17N. The topological polar surface area (TPSA) is 26.0 Å². The van der Waals surface area contributed by atoms with Crippen LogP contribution in [0.1, 0.15) is 49.1 Å². The van der Waals surface area contributed by atoms with Crippen molar-refractivity contribution >= 4 is 5.69 Å². The van der Waals surface area contributed by atoms with E-state index >= 15 is 0 Å². The van der Waals surface area contributed by atoms with Gasteiger partial charge in [0.15, 0.2) is 0 Å². The highest BCUT2D eigenvalue weighted by molar-refractivity contribution is 5.55. The Morgan fingerprint density at radius 3 is 3.07 bits per heavy atom. The molecule has 2 N–H and O–H groups in total. The quantitative estimate of drug-likeness (QED) is 0.543. The second-order valence-electron chi connectivity index (χ2n) is 4.76. The van der Waals surface area contributed by atoms with Crippen LogP contribution in [0.2, 0.25) is 0 Å². The Kier molecular flexibility index (Phi) is 1.88. The molecule has 1 heteroatoms. The Balaban J connectivity index is 2.07. The standard InChI is InChI=1S/C14H17N/c1-2-3-9-6-10-7-13(9)14-8-11(15)4-5-12(10)14/h3-5,8,10,13H,2,6-7,15H2,1H3. The number of benzene rings is 1. The van der Waals surface area contributed by atoms with Crippen molar-refractivity contribution < 1.29 is 0 Å². The van der Waals surface area contributed by atoms with Crippen LogP contribution in [0, 0.1) is 0 Å². The zero-order valence-electron chi connectivity index (χ0n) is 9.16. The zero-order valence-corrected chi connectivity index (χ0v) is 9.16. The van der Waals surface area contributed by atoms with E-state index in [1.807, 2.05) is 6.07 Å². The minimum atomic E-state index is 0.688. The Morgan fingerprint density at radius 2 is 2.27 bits per heavy atom. The number of fused-ring (bicyclic) bond motifs is 5. The molecule has 0 aromatic heterocycles. The molecule has 1 nitrogen and oxygen atoms in total. The first-order valence-corrected chi connectivity index (χ1v) is 5.88. The summed E-state index contributed by atoms with van der Waals surface area (Å²) in [6, 6.07) is 6.46. The molecular weight excluding hydrogens is 182 g/mol. The highest BCUT2D eigenvalue weighted by Crippen LogP contribution is 2.56. The fourth-order valence-corrected chi connectivity index (χ4v) is 3.26. The minimum absolute atomic E-state index is 0.688. The number of hydrogen-bond donors (Lipinski definition) is 1. The van der Waals surface area contributed by atoms with E-state index in [-0.39, 0.29) is 0 Å². The summed E-state index contributed by atoms with van der Waals surface area (Å²) >= 11 is 0. The first-order chi connectivity index (χ1) is 7.29. The SMILES string of the molecule is CCC=C1CC2CC1c1cc(N)ccc12. The van der Waals surface area contributed by atoms with E-state index in [4.69, 9.17) is 5.73 Å². The molecule has 0 spiro atoms. The third-order valence-electron chi connectivity index (χ3n) is 3.84. The van der Waals surface area contributed by atoms with Gasteiger partial charge >= 0.3 is 0 Å². The number of anilines is 1. The van der Waals surface area contributed by atoms with Crippen molar-refractivity contribution in [2.24, 2.45) is 0 Å². The molecule has 2 aliphatic carbocycles. The van der Waals surface area contributed by atoms with Crippen LogP contribution in [-0.2, 0) is 0 Å². The third-order valence-corrected chi connectivity index (χ3v) is 3.84.